The second-order valence-corrected chi connectivity index (χ2v) is 20.5. The molecule has 41 heteroatoms. The first-order chi connectivity index (χ1) is 33.2. The molecule has 0 spiro atoms. The smallest absolute Gasteiger partial charge is 0.361 e. The van der Waals surface area contributed by atoms with Gasteiger partial charge in [-0.25, -0.2) is 4.57 Å². The Bertz CT molecular complexity index is 1490. The van der Waals surface area contributed by atoms with Crippen LogP contribution >= 0.6 is 7.82 Å². The average Bonchev–Trinajstić information content (AvgIpc) is 3.17. The van der Waals surface area contributed by atoms with E-state index in [1.807, 2.05) is 0 Å². The van der Waals surface area contributed by atoms with Crippen LogP contribution in [0.15, 0.2) is 0 Å². The van der Waals surface area contributed by atoms with Gasteiger partial charge in [0.25, 0.3) is 34.7 Å². The van der Waals surface area contributed by atoms with Crippen LogP contribution in [0.2, 0.25) is 0 Å². The fourth-order valence-electron chi connectivity index (χ4n) is 7.50. The normalized spacial score (nSPS) is 30.2. The van der Waals surface area contributed by atoms with Crippen LogP contribution in [-0.4, -0.2) is 303 Å². The molecule has 0 aliphatic heterocycles. The number of phosphoric acid groups is 1. The van der Waals surface area contributed by atoms with Crippen molar-refractivity contribution in [2.45, 2.75) is 220 Å². The average molecular weight is 1180 g/mol. The lowest BCUT2D eigenvalue weighted by Crippen LogP contribution is -2.70. The molecule has 0 aromatic rings. The molecule has 39 N–H and O–H groups in total. The summed E-state index contributed by atoms with van der Waals surface area (Å²) in [6, 6.07) is 0. The minimum Gasteiger partial charge on any atom is -0.361 e. The van der Waals surface area contributed by atoms with Crippen molar-refractivity contribution in [3.8, 4) is 0 Å². The SMILES string of the molecule is O=P(O)(O)O.OC1(O)CCCC(O)(O)C1(O)O.OC1(O)CCCC(O)(O)C1(O)O.OC1(O)CCCC(O)(O)C1(O)O.OC1(O)CCCC(O)(O)C1(O)O.OC1(O)CCCC(O)(O)C1(O)O.OC1(O)CCCC(O)(O)C1(O)O. The maximum absolute atomic E-state index is 8.99. The molecule has 0 amide bonds. The fourth-order valence-corrected chi connectivity index (χ4v) is 7.50. The highest BCUT2D eigenvalue weighted by molar-refractivity contribution is 7.45. The zero-order valence-corrected chi connectivity index (χ0v) is 40.9. The predicted octanol–water partition coefficient (Wildman–Crippen LogP) is -17.7. The molecule has 464 valence electrons. The molecule has 6 aliphatic rings. The molecule has 6 aliphatic carbocycles. The summed E-state index contributed by atoms with van der Waals surface area (Å²) in [5.41, 5.74) is 0. The molecule has 40 nitrogen and oxygen atoms in total. The van der Waals surface area contributed by atoms with E-state index in [0.29, 0.717) is 0 Å². The van der Waals surface area contributed by atoms with Crippen LogP contribution in [0.1, 0.15) is 116 Å². The molecule has 0 unspecified atom stereocenters. The van der Waals surface area contributed by atoms with Gasteiger partial charge in [0.05, 0.1) is 0 Å². The Balaban J connectivity index is 0.000000884. The summed E-state index contributed by atoms with van der Waals surface area (Å²) in [5.74, 6) is -54.4. The molecule has 6 fully saturated rings. The van der Waals surface area contributed by atoms with E-state index in [2.05, 4.69) is 0 Å². The van der Waals surface area contributed by atoms with Crippen molar-refractivity contribution in [3.63, 3.8) is 0 Å². The third-order valence-electron chi connectivity index (χ3n) is 13.0. The number of hydrogen-bond acceptors (Lipinski definition) is 37. The maximum Gasteiger partial charge on any atom is 0.466 e. The highest BCUT2D eigenvalue weighted by atomic mass is 31.2. The van der Waals surface area contributed by atoms with Crippen LogP contribution in [-0.2, 0) is 4.57 Å². The Morgan fingerprint density at radius 1 is 0.169 bits per heavy atom. The van der Waals surface area contributed by atoms with E-state index in [-0.39, 0.29) is 116 Å². The molecule has 0 bridgehead atoms. The first-order valence-electron chi connectivity index (χ1n) is 22.1. The Hall–Kier alpha value is -1.33. The van der Waals surface area contributed by atoms with Gasteiger partial charge in [-0.1, -0.05) is 0 Å². The van der Waals surface area contributed by atoms with Crippen LogP contribution < -0.4 is 0 Å². The van der Waals surface area contributed by atoms with Crippen molar-refractivity contribution in [1.82, 2.24) is 0 Å². The highest BCUT2D eigenvalue weighted by Gasteiger charge is 2.68. The van der Waals surface area contributed by atoms with Gasteiger partial charge in [-0.2, -0.15) is 0 Å². The Morgan fingerprint density at radius 3 is 0.260 bits per heavy atom. The molecule has 6 saturated carbocycles. The topological polar surface area (TPSA) is 806 Å². The quantitative estimate of drug-likeness (QED) is 0.0791. The zero-order valence-electron chi connectivity index (χ0n) is 40.0. The first-order valence-corrected chi connectivity index (χ1v) is 23.6. The van der Waals surface area contributed by atoms with Crippen LogP contribution in [0.3, 0.4) is 0 Å². The van der Waals surface area contributed by atoms with E-state index in [0.717, 1.165) is 0 Å². The molecular weight excluding hydrogens is 1100 g/mol. The van der Waals surface area contributed by atoms with Crippen LogP contribution in [0, 0.1) is 0 Å². The summed E-state index contributed by atoms with van der Waals surface area (Å²) in [6.07, 6.45) is -3.28. The molecule has 0 atom stereocenters. The van der Waals surface area contributed by atoms with Crippen molar-refractivity contribution in [3.05, 3.63) is 0 Å². The number of rotatable bonds is 0. The summed E-state index contributed by atoms with van der Waals surface area (Å²) in [5, 5.41) is 323. The lowest BCUT2D eigenvalue weighted by atomic mass is 9.83. The maximum atomic E-state index is 8.99. The van der Waals surface area contributed by atoms with Gasteiger partial charge >= 0.3 is 7.82 Å². The van der Waals surface area contributed by atoms with Crippen molar-refractivity contribution < 1.29 is 203 Å². The molecule has 0 aromatic heterocycles. The van der Waals surface area contributed by atoms with E-state index in [4.69, 9.17) is 203 Å². The van der Waals surface area contributed by atoms with Gasteiger partial charge in [-0.15, -0.1) is 0 Å². The zero-order chi connectivity index (χ0) is 62.2. The number of hydrogen-bond donors (Lipinski definition) is 39. The van der Waals surface area contributed by atoms with Gasteiger partial charge < -0.3 is 199 Å². The molecule has 0 heterocycles. The Labute approximate surface area is 430 Å². The van der Waals surface area contributed by atoms with Crippen molar-refractivity contribution in [2.75, 3.05) is 0 Å². The standard InChI is InChI=1S/6C6H12O6.H3O4P/c6*7-4(8)2-1-3-5(9,10)6(4,11)12;1-5(2,3)4/h6*7-12H,1-3H2;(H3,1,2,3,4). The lowest BCUT2D eigenvalue weighted by Gasteiger charge is -2.46. The molecule has 0 saturated heterocycles. The van der Waals surface area contributed by atoms with E-state index in [1.165, 1.54) is 0 Å². The van der Waals surface area contributed by atoms with Gasteiger partial charge in [0, 0.05) is 77.0 Å². The van der Waals surface area contributed by atoms with Crippen molar-refractivity contribution >= 4 is 7.82 Å². The third kappa shape index (κ3) is 16.5. The van der Waals surface area contributed by atoms with Gasteiger partial charge in [-0.05, 0) is 38.5 Å². The van der Waals surface area contributed by atoms with E-state index in [1.54, 1.807) is 0 Å². The predicted molar refractivity (Wildman–Crippen MR) is 226 cm³/mol. The van der Waals surface area contributed by atoms with Crippen LogP contribution in [0.5, 0.6) is 0 Å². The largest absolute Gasteiger partial charge is 0.466 e. The fraction of sp³-hybridized carbons (Fsp3) is 1.00. The van der Waals surface area contributed by atoms with E-state index >= 15 is 0 Å². The van der Waals surface area contributed by atoms with Crippen LogP contribution in [0.4, 0.5) is 0 Å². The molecule has 0 radical (unpaired) electrons. The molecule has 0 aromatic carbocycles. The Kier molecular flexibility index (Phi) is 23.3. The first kappa shape index (κ1) is 75.7. The monoisotopic (exact) mass is 1180 g/mol. The summed E-state index contributed by atoms with van der Waals surface area (Å²) < 4.78 is 8.88. The molecule has 77 heavy (non-hydrogen) atoms. The highest BCUT2D eigenvalue weighted by Crippen LogP contribution is 2.44. The summed E-state index contributed by atoms with van der Waals surface area (Å²) in [6.45, 7) is 0. The Morgan fingerprint density at radius 2 is 0.221 bits per heavy atom. The second-order valence-electron chi connectivity index (χ2n) is 19.5. The van der Waals surface area contributed by atoms with E-state index < -0.39 is 112 Å². The lowest BCUT2D eigenvalue weighted by molar-refractivity contribution is -0.466. The molecule has 6 rings (SSSR count). The van der Waals surface area contributed by atoms with Crippen molar-refractivity contribution in [2.24, 2.45) is 0 Å². The summed E-state index contributed by atoms with van der Waals surface area (Å²) in [4.78, 5) is 21.6. The van der Waals surface area contributed by atoms with E-state index in [9.17, 15) is 0 Å². The van der Waals surface area contributed by atoms with Gasteiger partial charge in [0.15, 0.2) is 0 Å². The molecular formula is C36H75O40P. The van der Waals surface area contributed by atoms with Gasteiger partial charge in [-0.3, -0.25) is 0 Å². The number of aliphatic hydroxyl groups is 36. The minimum atomic E-state index is -4.64. The second kappa shape index (κ2) is 23.7. The summed E-state index contributed by atoms with van der Waals surface area (Å²) in [7, 11) is -4.64. The van der Waals surface area contributed by atoms with Gasteiger partial charge in [0.2, 0.25) is 69.4 Å². The van der Waals surface area contributed by atoms with Gasteiger partial charge in [0.1, 0.15) is 0 Å². The van der Waals surface area contributed by atoms with Crippen molar-refractivity contribution in [1.29, 1.82) is 0 Å². The third-order valence-corrected chi connectivity index (χ3v) is 13.0. The van der Waals surface area contributed by atoms with Crippen LogP contribution in [0.25, 0.3) is 0 Å². The minimum absolute atomic E-state index is 0.0862. The summed E-state index contributed by atoms with van der Waals surface area (Å²) >= 11 is 0.